The van der Waals surface area contributed by atoms with Crippen molar-refractivity contribution in [2.45, 2.75) is 64.1 Å². The number of hydrogen-bond acceptors (Lipinski definition) is 4. The number of rotatable bonds is 4. The Morgan fingerprint density at radius 2 is 1.89 bits per heavy atom. The third-order valence-corrected chi connectivity index (χ3v) is 4.84. The van der Waals surface area contributed by atoms with E-state index in [1.807, 2.05) is 39.2 Å². The molecule has 0 unspecified atom stereocenters. The van der Waals surface area contributed by atoms with Crippen LogP contribution in [0.4, 0.5) is 10.5 Å². The van der Waals surface area contributed by atoms with Crippen LogP contribution in [0, 0.1) is 0 Å². The van der Waals surface area contributed by atoms with E-state index in [0.717, 1.165) is 47.7 Å². The molecule has 1 fully saturated rings. The van der Waals surface area contributed by atoms with Crippen molar-refractivity contribution in [1.29, 1.82) is 0 Å². The van der Waals surface area contributed by atoms with Crippen LogP contribution in [-0.4, -0.2) is 28.8 Å². The number of anilines is 1. The van der Waals surface area contributed by atoms with E-state index < -0.39 is 5.60 Å². The average Bonchev–Trinajstić information content (AvgIpc) is 2.61. The zero-order chi connectivity index (χ0) is 19.4. The Hall–Kier alpha value is -2.56. The summed E-state index contributed by atoms with van der Waals surface area (Å²) in [7, 11) is 0. The van der Waals surface area contributed by atoms with Gasteiger partial charge >= 0.3 is 6.09 Å². The molecular formula is C22H29N3O2. The standard InChI is InChI=1S/C22H29N3O2/c1-5-15-13-23-14-16-7-6-8-19(20(15)16)24-17-9-11-18(12-10-17)25-21(26)27-22(2,3)4/h5-8,13-14,17-18,24H,1,9-12H2,2-4H3,(H,25,26). The highest BCUT2D eigenvalue weighted by Gasteiger charge is 2.25. The molecule has 2 aromatic rings. The molecule has 0 saturated heterocycles. The number of nitrogens with zero attached hydrogens (tertiary/aromatic N) is 1. The van der Waals surface area contributed by atoms with E-state index in [2.05, 4.69) is 40.4 Å². The molecule has 5 heteroatoms. The summed E-state index contributed by atoms with van der Waals surface area (Å²) >= 11 is 0. The van der Waals surface area contributed by atoms with Crippen LogP contribution >= 0.6 is 0 Å². The summed E-state index contributed by atoms with van der Waals surface area (Å²) in [5.41, 5.74) is 1.69. The second-order valence-electron chi connectivity index (χ2n) is 8.18. The van der Waals surface area contributed by atoms with Crippen LogP contribution in [-0.2, 0) is 4.74 Å². The Morgan fingerprint density at radius 1 is 1.19 bits per heavy atom. The molecule has 0 radical (unpaired) electrons. The number of benzene rings is 1. The van der Waals surface area contributed by atoms with Gasteiger partial charge in [0.25, 0.3) is 0 Å². The number of carbonyl (C=O) groups is 1. The van der Waals surface area contributed by atoms with Gasteiger partial charge in [-0.3, -0.25) is 4.98 Å². The maximum Gasteiger partial charge on any atom is 0.407 e. The van der Waals surface area contributed by atoms with Gasteiger partial charge in [0.1, 0.15) is 5.60 Å². The van der Waals surface area contributed by atoms with E-state index >= 15 is 0 Å². The van der Waals surface area contributed by atoms with Crippen molar-refractivity contribution >= 4 is 28.6 Å². The van der Waals surface area contributed by atoms with Crippen LogP contribution in [0.1, 0.15) is 52.0 Å². The largest absolute Gasteiger partial charge is 0.444 e. The van der Waals surface area contributed by atoms with E-state index in [-0.39, 0.29) is 12.1 Å². The average molecular weight is 367 g/mol. The molecule has 1 saturated carbocycles. The summed E-state index contributed by atoms with van der Waals surface area (Å²) in [4.78, 5) is 16.2. The molecule has 3 rings (SSSR count). The maximum absolute atomic E-state index is 12.0. The minimum absolute atomic E-state index is 0.179. The highest BCUT2D eigenvalue weighted by Crippen LogP contribution is 2.30. The summed E-state index contributed by atoms with van der Waals surface area (Å²) in [6.07, 6.45) is 9.15. The number of amides is 1. The number of hydrogen-bond donors (Lipinski definition) is 2. The molecule has 0 aliphatic heterocycles. The second kappa shape index (κ2) is 7.99. The molecule has 1 amide bonds. The third-order valence-electron chi connectivity index (χ3n) is 4.84. The monoisotopic (exact) mass is 367 g/mol. The Balaban J connectivity index is 1.61. The molecule has 2 N–H and O–H groups in total. The predicted molar refractivity (Wildman–Crippen MR) is 111 cm³/mol. The Bertz CT molecular complexity index is 813. The first kappa shape index (κ1) is 19.2. The lowest BCUT2D eigenvalue weighted by Crippen LogP contribution is -2.42. The molecule has 1 heterocycles. The number of pyridine rings is 1. The molecule has 0 atom stereocenters. The molecule has 27 heavy (non-hydrogen) atoms. The first-order valence-corrected chi connectivity index (χ1v) is 9.61. The first-order chi connectivity index (χ1) is 12.9. The molecule has 144 valence electrons. The fraction of sp³-hybridized carbons (Fsp3) is 0.455. The first-order valence-electron chi connectivity index (χ1n) is 9.61. The van der Waals surface area contributed by atoms with Gasteiger partial charge in [-0.2, -0.15) is 0 Å². The van der Waals surface area contributed by atoms with Gasteiger partial charge < -0.3 is 15.4 Å². The third kappa shape index (κ3) is 5.00. The zero-order valence-corrected chi connectivity index (χ0v) is 16.4. The van der Waals surface area contributed by atoms with Gasteiger partial charge in [-0.05, 0) is 52.5 Å². The molecule has 1 aromatic heterocycles. The fourth-order valence-electron chi connectivity index (χ4n) is 3.61. The van der Waals surface area contributed by atoms with Crippen LogP contribution in [0.2, 0.25) is 0 Å². The van der Waals surface area contributed by atoms with Crippen molar-refractivity contribution in [3.05, 3.63) is 42.7 Å². The maximum atomic E-state index is 12.0. The topological polar surface area (TPSA) is 63.2 Å². The highest BCUT2D eigenvalue weighted by atomic mass is 16.6. The lowest BCUT2D eigenvalue weighted by Gasteiger charge is -2.31. The smallest absolute Gasteiger partial charge is 0.407 e. The number of carbonyl (C=O) groups excluding carboxylic acids is 1. The van der Waals surface area contributed by atoms with Gasteiger partial charge in [-0.15, -0.1) is 0 Å². The van der Waals surface area contributed by atoms with Gasteiger partial charge in [0.2, 0.25) is 0 Å². The van der Waals surface area contributed by atoms with Crippen LogP contribution in [0.25, 0.3) is 16.8 Å². The van der Waals surface area contributed by atoms with E-state index in [1.54, 1.807) is 0 Å². The highest BCUT2D eigenvalue weighted by molar-refractivity contribution is 5.99. The summed E-state index contributed by atoms with van der Waals surface area (Å²) in [6.45, 7) is 9.55. The number of alkyl carbamates (subject to hydrolysis) is 1. The van der Waals surface area contributed by atoms with E-state index in [4.69, 9.17) is 4.74 Å². The van der Waals surface area contributed by atoms with Gasteiger partial charge in [-0.25, -0.2) is 4.79 Å². The summed E-state index contributed by atoms with van der Waals surface area (Å²) < 4.78 is 5.36. The summed E-state index contributed by atoms with van der Waals surface area (Å²) in [6, 6.07) is 6.80. The van der Waals surface area contributed by atoms with Crippen molar-refractivity contribution in [1.82, 2.24) is 10.3 Å². The number of nitrogens with one attached hydrogen (secondary N) is 2. The molecular weight excluding hydrogens is 338 g/mol. The second-order valence-corrected chi connectivity index (χ2v) is 8.18. The Morgan fingerprint density at radius 3 is 2.56 bits per heavy atom. The molecule has 1 aliphatic carbocycles. The van der Waals surface area contributed by atoms with Gasteiger partial charge in [0.05, 0.1) is 0 Å². The van der Waals surface area contributed by atoms with Crippen LogP contribution < -0.4 is 10.6 Å². The van der Waals surface area contributed by atoms with E-state index in [1.165, 1.54) is 0 Å². The van der Waals surface area contributed by atoms with Crippen molar-refractivity contribution in [3.8, 4) is 0 Å². The van der Waals surface area contributed by atoms with Gasteiger partial charge in [0.15, 0.2) is 0 Å². The molecule has 5 nitrogen and oxygen atoms in total. The van der Waals surface area contributed by atoms with Crippen LogP contribution in [0.5, 0.6) is 0 Å². The van der Waals surface area contributed by atoms with Crippen LogP contribution in [0.3, 0.4) is 0 Å². The normalized spacial score (nSPS) is 20.1. The molecule has 0 spiro atoms. The van der Waals surface area contributed by atoms with Crippen molar-refractivity contribution in [2.75, 3.05) is 5.32 Å². The zero-order valence-electron chi connectivity index (χ0n) is 16.4. The summed E-state index contributed by atoms with van der Waals surface area (Å²) in [5, 5.41) is 8.96. The van der Waals surface area contributed by atoms with Crippen molar-refractivity contribution in [3.63, 3.8) is 0 Å². The number of fused-ring (bicyclic) bond motifs is 1. The summed E-state index contributed by atoms with van der Waals surface area (Å²) in [5.74, 6) is 0. The van der Waals surface area contributed by atoms with E-state index in [0.29, 0.717) is 6.04 Å². The lowest BCUT2D eigenvalue weighted by atomic mass is 9.90. The van der Waals surface area contributed by atoms with Crippen molar-refractivity contribution < 1.29 is 9.53 Å². The SMILES string of the molecule is C=Cc1cncc2cccc(NC3CCC(NC(=O)OC(C)(C)C)CC3)c12. The number of aromatic nitrogens is 1. The van der Waals surface area contributed by atoms with Gasteiger partial charge in [-0.1, -0.05) is 24.8 Å². The van der Waals surface area contributed by atoms with Gasteiger partial charge in [0, 0.05) is 46.5 Å². The minimum Gasteiger partial charge on any atom is -0.444 e. The van der Waals surface area contributed by atoms with Crippen molar-refractivity contribution in [2.24, 2.45) is 0 Å². The molecule has 0 bridgehead atoms. The minimum atomic E-state index is -0.463. The van der Waals surface area contributed by atoms with E-state index in [9.17, 15) is 4.79 Å². The fourth-order valence-corrected chi connectivity index (χ4v) is 3.61. The Kier molecular flexibility index (Phi) is 5.68. The van der Waals surface area contributed by atoms with Crippen LogP contribution in [0.15, 0.2) is 37.2 Å². The Labute approximate surface area is 161 Å². The quantitative estimate of drug-likeness (QED) is 0.787. The molecule has 1 aromatic carbocycles. The lowest BCUT2D eigenvalue weighted by molar-refractivity contribution is 0.0492. The predicted octanol–water partition coefficient (Wildman–Crippen LogP) is 5.13. The molecule has 1 aliphatic rings. The number of ether oxygens (including phenoxy) is 1.